The van der Waals surface area contributed by atoms with Crippen molar-refractivity contribution in [3.63, 3.8) is 0 Å². The Morgan fingerprint density at radius 2 is 2.21 bits per heavy atom. The summed E-state index contributed by atoms with van der Waals surface area (Å²) in [6, 6.07) is 0. The molecule has 0 aromatic carbocycles. The summed E-state index contributed by atoms with van der Waals surface area (Å²) in [5, 5.41) is 2.84. The van der Waals surface area contributed by atoms with Crippen molar-refractivity contribution in [3.05, 3.63) is 0 Å². The normalized spacial score (nSPS) is 11.4. The fraction of sp³-hybridized carbons (Fsp3) is 0.750. The first kappa shape index (κ1) is 12.7. The Kier molecular flexibility index (Phi) is 7.53. The Labute approximate surface area is 83.7 Å². The van der Waals surface area contributed by atoms with E-state index in [2.05, 4.69) is 10.3 Å². The monoisotopic (exact) mass is 202 g/mol. The maximum atomic E-state index is 10.3. The van der Waals surface area contributed by atoms with Gasteiger partial charge in [-0.15, -0.1) is 0 Å². The highest BCUT2D eigenvalue weighted by Gasteiger charge is 1.94. The van der Waals surface area contributed by atoms with E-state index in [1.807, 2.05) is 6.92 Å². The van der Waals surface area contributed by atoms with Crippen LogP contribution in [0.15, 0.2) is 4.99 Å². The third-order valence-electron chi connectivity index (χ3n) is 1.30. The van der Waals surface area contributed by atoms with Gasteiger partial charge in [0.25, 0.3) is 0 Å². The highest BCUT2D eigenvalue weighted by molar-refractivity contribution is 5.77. The SMILES string of the molecule is CCCN=C(N)NCCOCC(N)=O. The van der Waals surface area contributed by atoms with E-state index in [9.17, 15) is 4.79 Å². The van der Waals surface area contributed by atoms with E-state index in [0.717, 1.165) is 6.42 Å². The van der Waals surface area contributed by atoms with Gasteiger partial charge in [-0.2, -0.15) is 0 Å². The zero-order chi connectivity index (χ0) is 10.8. The number of ether oxygens (including phenoxy) is 1. The van der Waals surface area contributed by atoms with Crippen LogP contribution in [0, 0.1) is 0 Å². The lowest BCUT2D eigenvalue weighted by Gasteiger charge is -2.05. The molecule has 0 heterocycles. The van der Waals surface area contributed by atoms with Gasteiger partial charge in [0.2, 0.25) is 5.91 Å². The van der Waals surface area contributed by atoms with Crippen LogP contribution in [-0.4, -0.2) is 38.2 Å². The molecule has 0 aliphatic carbocycles. The quantitative estimate of drug-likeness (QED) is 0.274. The predicted octanol–water partition coefficient (Wildman–Crippen LogP) is -1.20. The molecule has 0 aromatic heterocycles. The number of hydrogen-bond acceptors (Lipinski definition) is 3. The first-order valence-electron chi connectivity index (χ1n) is 4.56. The maximum absolute atomic E-state index is 10.3. The van der Waals surface area contributed by atoms with Crippen LogP contribution in [0.25, 0.3) is 0 Å². The number of carbonyl (C=O) groups is 1. The van der Waals surface area contributed by atoms with Gasteiger partial charge in [0, 0.05) is 13.1 Å². The van der Waals surface area contributed by atoms with E-state index in [0.29, 0.717) is 25.7 Å². The van der Waals surface area contributed by atoms with Gasteiger partial charge in [-0.3, -0.25) is 9.79 Å². The molecule has 0 bridgehead atoms. The molecular weight excluding hydrogens is 184 g/mol. The lowest BCUT2D eigenvalue weighted by molar-refractivity contribution is -0.122. The van der Waals surface area contributed by atoms with E-state index >= 15 is 0 Å². The second-order valence-electron chi connectivity index (χ2n) is 2.71. The van der Waals surface area contributed by atoms with Crippen molar-refractivity contribution < 1.29 is 9.53 Å². The van der Waals surface area contributed by atoms with Gasteiger partial charge in [-0.25, -0.2) is 0 Å². The minimum Gasteiger partial charge on any atom is -0.370 e. The fourth-order valence-corrected chi connectivity index (χ4v) is 0.712. The summed E-state index contributed by atoms with van der Waals surface area (Å²) in [6.07, 6.45) is 0.959. The number of hydrogen-bond donors (Lipinski definition) is 3. The van der Waals surface area contributed by atoms with Gasteiger partial charge in [0.15, 0.2) is 5.96 Å². The molecule has 0 unspecified atom stereocenters. The Hall–Kier alpha value is -1.30. The largest absolute Gasteiger partial charge is 0.370 e. The summed E-state index contributed by atoms with van der Waals surface area (Å²) in [5.74, 6) is -0.0767. The van der Waals surface area contributed by atoms with Gasteiger partial charge in [0.05, 0.1) is 6.61 Å². The molecule has 0 spiro atoms. The van der Waals surface area contributed by atoms with Gasteiger partial charge >= 0.3 is 0 Å². The number of amides is 1. The molecule has 0 radical (unpaired) electrons. The van der Waals surface area contributed by atoms with E-state index in [1.165, 1.54) is 0 Å². The Morgan fingerprint density at radius 3 is 2.79 bits per heavy atom. The van der Waals surface area contributed by atoms with E-state index in [-0.39, 0.29) is 6.61 Å². The predicted molar refractivity (Wildman–Crippen MR) is 54.8 cm³/mol. The van der Waals surface area contributed by atoms with Crippen molar-refractivity contribution in [1.82, 2.24) is 5.32 Å². The molecule has 0 saturated carbocycles. The number of nitrogens with one attached hydrogen (secondary N) is 1. The maximum Gasteiger partial charge on any atom is 0.243 e. The minimum absolute atomic E-state index is 0.0618. The summed E-state index contributed by atoms with van der Waals surface area (Å²) in [6.45, 7) is 3.57. The number of guanidine groups is 1. The minimum atomic E-state index is -0.474. The number of rotatable bonds is 7. The number of carbonyl (C=O) groups excluding carboxylic acids is 1. The number of nitrogens with zero attached hydrogens (tertiary/aromatic N) is 1. The molecule has 82 valence electrons. The standard InChI is InChI=1S/C8H18N4O2/c1-2-3-11-8(10)12-4-5-14-6-7(9)13/h2-6H2,1H3,(H2,9,13)(H3,10,11,12). The van der Waals surface area contributed by atoms with Crippen LogP contribution < -0.4 is 16.8 Å². The molecule has 0 aliphatic rings. The Morgan fingerprint density at radius 1 is 1.50 bits per heavy atom. The first-order chi connectivity index (χ1) is 6.66. The Balaban J connectivity index is 3.31. The second kappa shape index (κ2) is 8.31. The smallest absolute Gasteiger partial charge is 0.243 e. The summed E-state index contributed by atoms with van der Waals surface area (Å²) in [4.78, 5) is 14.3. The second-order valence-corrected chi connectivity index (χ2v) is 2.71. The van der Waals surface area contributed by atoms with Crippen LogP contribution >= 0.6 is 0 Å². The zero-order valence-electron chi connectivity index (χ0n) is 8.45. The third-order valence-corrected chi connectivity index (χ3v) is 1.30. The van der Waals surface area contributed by atoms with Crippen molar-refractivity contribution >= 4 is 11.9 Å². The van der Waals surface area contributed by atoms with Crippen LogP contribution in [0.1, 0.15) is 13.3 Å². The molecule has 6 nitrogen and oxygen atoms in total. The first-order valence-corrected chi connectivity index (χ1v) is 4.56. The summed E-state index contributed by atoms with van der Waals surface area (Å²) in [7, 11) is 0. The summed E-state index contributed by atoms with van der Waals surface area (Å²) < 4.78 is 4.90. The van der Waals surface area contributed by atoms with E-state index < -0.39 is 5.91 Å². The lowest BCUT2D eigenvalue weighted by atomic mass is 10.5. The number of aliphatic imine (C=N–C) groups is 1. The van der Waals surface area contributed by atoms with Crippen LogP contribution in [0.3, 0.4) is 0 Å². The molecule has 0 saturated heterocycles. The molecule has 0 aliphatic heterocycles. The number of nitrogens with two attached hydrogens (primary N) is 2. The van der Waals surface area contributed by atoms with E-state index in [4.69, 9.17) is 16.2 Å². The summed E-state index contributed by atoms with van der Waals surface area (Å²) >= 11 is 0. The molecule has 0 rings (SSSR count). The fourth-order valence-electron chi connectivity index (χ4n) is 0.712. The average Bonchev–Trinajstić information content (AvgIpc) is 2.13. The van der Waals surface area contributed by atoms with Crippen molar-refractivity contribution in [2.24, 2.45) is 16.5 Å². The van der Waals surface area contributed by atoms with Crippen LogP contribution in [0.4, 0.5) is 0 Å². The average molecular weight is 202 g/mol. The van der Waals surface area contributed by atoms with E-state index in [1.54, 1.807) is 0 Å². The highest BCUT2D eigenvalue weighted by atomic mass is 16.5. The molecular formula is C8H18N4O2. The van der Waals surface area contributed by atoms with Crippen molar-refractivity contribution in [3.8, 4) is 0 Å². The highest BCUT2D eigenvalue weighted by Crippen LogP contribution is 1.76. The van der Waals surface area contributed by atoms with Crippen molar-refractivity contribution in [2.75, 3.05) is 26.3 Å². The van der Waals surface area contributed by atoms with Gasteiger partial charge in [-0.05, 0) is 6.42 Å². The molecule has 1 amide bonds. The molecule has 14 heavy (non-hydrogen) atoms. The van der Waals surface area contributed by atoms with Crippen molar-refractivity contribution in [1.29, 1.82) is 0 Å². The molecule has 0 fully saturated rings. The Bertz CT molecular complexity index is 194. The zero-order valence-corrected chi connectivity index (χ0v) is 8.45. The van der Waals surface area contributed by atoms with Crippen molar-refractivity contribution in [2.45, 2.75) is 13.3 Å². The van der Waals surface area contributed by atoms with Gasteiger partial charge in [0.1, 0.15) is 6.61 Å². The van der Waals surface area contributed by atoms with Gasteiger partial charge in [-0.1, -0.05) is 6.92 Å². The number of primary amides is 1. The molecule has 0 aromatic rings. The molecule has 0 atom stereocenters. The third kappa shape index (κ3) is 8.79. The molecule has 5 N–H and O–H groups in total. The van der Waals surface area contributed by atoms with Crippen LogP contribution in [-0.2, 0) is 9.53 Å². The molecule has 6 heteroatoms. The van der Waals surface area contributed by atoms with Crippen LogP contribution in [0.2, 0.25) is 0 Å². The van der Waals surface area contributed by atoms with Gasteiger partial charge < -0.3 is 21.5 Å². The van der Waals surface area contributed by atoms with Crippen LogP contribution in [0.5, 0.6) is 0 Å². The summed E-state index contributed by atoms with van der Waals surface area (Å²) in [5.41, 5.74) is 10.4. The lowest BCUT2D eigenvalue weighted by Crippen LogP contribution is -2.34. The topological polar surface area (TPSA) is 103 Å².